The van der Waals surface area contributed by atoms with Crippen molar-refractivity contribution in [2.75, 3.05) is 7.05 Å². The molecule has 6 nitrogen and oxygen atoms in total. The van der Waals surface area contributed by atoms with Crippen molar-refractivity contribution in [1.82, 2.24) is 25.1 Å². The topological polar surface area (TPSA) is 75.1 Å². The van der Waals surface area contributed by atoms with Crippen LogP contribution in [0.3, 0.4) is 0 Å². The molecule has 2 heterocycles. The molecule has 0 saturated carbocycles. The SMILES string of the molecule is CCC(NC)C(C)c1ccc2n[nH]c(=O)n2n1. The minimum atomic E-state index is -0.299. The number of aromatic nitrogens is 4. The van der Waals surface area contributed by atoms with Gasteiger partial charge in [-0.3, -0.25) is 0 Å². The van der Waals surface area contributed by atoms with Gasteiger partial charge in [0, 0.05) is 12.0 Å². The number of nitrogens with one attached hydrogen (secondary N) is 2. The van der Waals surface area contributed by atoms with Gasteiger partial charge in [-0.25, -0.2) is 9.89 Å². The largest absolute Gasteiger partial charge is 0.364 e. The summed E-state index contributed by atoms with van der Waals surface area (Å²) in [5, 5.41) is 13.8. The quantitative estimate of drug-likeness (QED) is 0.810. The average Bonchev–Trinajstić information content (AvgIpc) is 2.72. The van der Waals surface area contributed by atoms with Gasteiger partial charge in [-0.05, 0) is 25.6 Å². The van der Waals surface area contributed by atoms with E-state index in [1.807, 2.05) is 13.1 Å². The van der Waals surface area contributed by atoms with E-state index in [4.69, 9.17) is 0 Å². The van der Waals surface area contributed by atoms with E-state index in [-0.39, 0.29) is 11.6 Å². The van der Waals surface area contributed by atoms with Gasteiger partial charge >= 0.3 is 5.69 Å². The summed E-state index contributed by atoms with van der Waals surface area (Å²) in [6.45, 7) is 4.23. The van der Waals surface area contributed by atoms with E-state index in [1.54, 1.807) is 6.07 Å². The van der Waals surface area contributed by atoms with Crippen LogP contribution < -0.4 is 11.0 Å². The van der Waals surface area contributed by atoms with Crippen molar-refractivity contribution in [3.8, 4) is 0 Å². The van der Waals surface area contributed by atoms with Crippen LogP contribution in [-0.4, -0.2) is 32.9 Å². The van der Waals surface area contributed by atoms with E-state index in [0.29, 0.717) is 11.7 Å². The molecule has 0 spiro atoms. The zero-order chi connectivity index (χ0) is 12.4. The summed E-state index contributed by atoms with van der Waals surface area (Å²) in [7, 11) is 1.94. The van der Waals surface area contributed by atoms with E-state index in [2.05, 4.69) is 34.5 Å². The lowest BCUT2D eigenvalue weighted by atomic mass is 9.96. The molecule has 2 aromatic heterocycles. The van der Waals surface area contributed by atoms with Gasteiger partial charge in [-0.15, -0.1) is 0 Å². The molecule has 0 bridgehead atoms. The number of H-pyrrole nitrogens is 1. The normalized spacial score (nSPS) is 15.0. The highest BCUT2D eigenvalue weighted by atomic mass is 16.2. The summed E-state index contributed by atoms with van der Waals surface area (Å²) in [5.74, 6) is 0.246. The molecule has 17 heavy (non-hydrogen) atoms. The number of likely N-dealkylation sites (N-methyl/N-ethyl adjacent to an activating group) is 1. The van der Waals surface area contributed by atoms with Crippen molar-refractivity contribution < 1.29 is 0 Å². The van der Waals surface area contributed by atoms with E-state index < -0.39 is 0 Å². The molecular weight excluding hydrogens is 218 g/mol. The minimum Gasteiger partial charge on any atom is -0.316 e. The predicted octanol–water partition coefficient (Wildman–Crippen LogP) is 0.519. The highest BCUT2D eigenvalue weighted by molar-refractivity contribution is 5.35. The summed E-state index contributed by atoms with van der Waals surface area (Å²) in [6, 6.07) is 4.07. The highest BCUT2D eigenvalue weighted by Gasteiger charge is 2.17. The third kappa shape index (κ3) is 2.08. The number of rotatable bonds is 4. The van der Waals surface area contributed by atoms with Gasteiger partial charge < -0.3 is 5.32 Å². The lowest BCUT2D eigenvalue weighted by Crippen LogP contribution is -2.31. The third-order valence-corrected chi connectivity index (χ3v) is 3.17. The molecule has 0 radical (unpaired) electrons. The molecular formula is C11H17N5O. The summed E-state index contributed by atoms with van der Waals surface area (Å²) in [4.78, 5) is 11.4. The Morgan fingerprint density at radius 2 is 2.29 bits per heavy atom. The minimum absolute atomic E-state index is 0.246. The fraction of sp³-hybridized carbons (Fsp3) is 0.545. The van der Waals surface area contributed by atoms with Crippen molar-refractivity contribution >= 4 is 5.65 Å². The van der Waals surface area contributed by atoms with Gasteiger partial charge in [0.1, 0.15) is 0 Å². The lowest BCUT2D eigenvalue weighted by molar-refractivity contribution is 0.461. The molecule has 2 unspecified atom stereocenters. The Bertz CT molecular complexity index is 554. The van der Waals surface area contributed by atoms with Gasteiger partial charge in [0.25, 0.3) is 0 Å². The third-order valence-electron chi connectivity index (χ3n) is 3.17. The maximum atomic E-state index is 11.4. The molecule has 2 N–H and O–H groups in total. The van der Waals surface area contributed by atoms with E-state index >= 15 is 0 Å². The first kappa shape index (κ1) is 11.8. The highest BCUT2D eigenvalue weighted by Crippen LogP contribution is 2.18. The Morgan fingerprint density at radius 3 is 2.94 bits per heavy atom. The van der Waals surface area contributed by atoms with Gasteiger partial charge in [0.05, 0.1) is 5.69 Å². The zero-order valence-corrected chi connectivity index (χ0v) is 10.3. The predicted molar refractivity (Wildman–Crippen MR) is 65.2 cm³/mol. The fourth-order valence-electron chi connectivity index (χ4n) is 2.07. The second-order valence-corrected chi connectivity index (χ2v) is 4.15. The Morgan fingerprint density at radius 1 is 1.53 bits per heavy atom. The Balaban J connectivity index is 2.41. The van der Waals surface area contributed by atoms with Crippen molar-refractivity contribution in [2.45, 2.75) is 32.2 Å². The molecule has 2 aromatic rings. The lowest BCUT2D eigenvalue weighted by Gasteiger charge is -2.21. The maximum absolute atomic E-state index is 11.4. The van der Waals surface area contributed by atoms with Crippen molar-refractivity contribution in [3.05, 3.63) is 28.3 Å². The van der Waals surface area contributed by atoms with Crippen LogP contribution >= 0.6 is 0 Å². The zero-order valence-electron chi connectivity index (χ0n) is 10.3. The number of aromatic amines is 1. The smallest absolute Gasteiger partial charge is 0.316 e. The number of hydrogen-bond donors (Lipinski definition) is 2. The summed E-state index contributed by atoms with van der Waals surface area (Å²) >= 11 is 0. The van der Waals surface area contributed by atoms with Crippen molar-refractivity contribution in [2.24, 2.45) is 0 Å². The number of nitrogens with zero attached hydrogens (tertiary/aromatic N) is 3. The van der Waals surface area contributed by atoms with Crippen LogP contribution in [0, 0.1) is 0 Å². The van der Waals surface area contributed by atoms with E-state index in [9.17, 15) is 4.79 Å². The molecule has 0 aliphatic carbocycles. The van der Waals surface area contributed by atoms with Crippen molar-refractivity contribution in [1.29, 1.82) is 0 Å². The molecule has 0 fully saturated rings. The van der Waals surface area contributed by atoms with Crippen LogP contribution in [0.5, 0.6) is 0 Å². The van der Waals surface area contributed by atoms with Crippen LogP contribution in [0.4, 0.5) is 0 Å². The van der Waals surface area contributed by atoms with Crippen LogP contribution in [0.25, 0.3) is 5.65 Å². The number of hydrogen-bond acceptors (Lipinski definition) is 4. The van der Waals surface area contributed by atoms with E-state index in [1.165, 1.54) is 4.52 Å². The molecule has 0 aliphatic heterocycles. The molecule has 0 amide bonds. The second-order valence-electron chi connectivity index (χ2n) is 4.15. The van der Waals surface area contributed by atoms with Gasteiger partial charge in [-0.2, -0.15) is 14.7 Å². The van der Waals surface area contributed by atoms with Crippen LogP contribution in [-0.2, 0) is 0 Å². The van der Waals surface area contributed by atoms with Crippen LogP contribution in [0.1, 0.15) is 31.9 Å². The monoisotopic (exact) mass is 235 g/mol. The number of fused-ring (bicyclic) bond motifs is 1. The Labute approximate surface area is 99.0 Å². The van der Waals surface area contributed by atoms with Crippen LogP contribution in [0.15, 0.2) is 16.9 Å². The molecule has 0 aromatic carbocycles. The first-order valence-electron chi connectivity index (χ1n) is 5.79. The molecule has 0 saturated heterocycles. The molecule has 0 aliphatic rings. The fourth-order valence-corrected chi connectivity index (χ4v) is 2.07. The average molecular weight is 235 g/mol. The summed E-state index contributed by atoms with van der Waals surface area (Å²) in [6.07, 6.45) is 1.01. The summed E-state index contributed by atoms with van der Waals surface area (Å²) in [5.41, 5.74) is 1.14. The molecule has 92 valence electrons. The Hall–Kier alpha value is -1.69. The van der Waals surface area contributed by atoms with E-state index in [0.717, 1.165) is 12.1 Å². The second kappa shape index (κ2) is 4.67. The first-order valence-corrected chi connectivity index (χ1v) is 5.79. The van der Waals surface area contributed by atoms with Gasteiger partial charge in [-0.1, -0.05) is 13.8 Å². The first-order chi connectivity index (χ1) is 8.17. The van der Waals surface area contributed by atoms with Crippen molar-refractivity contribution in [3.63, 3.8) is 0 Å². The Kier molecular flexibility index (Phi) is 3.23. The maximum Gasteiger partial charge on any atom is 0.364 e. The standard InChI is InChI=1S/C11H17N5O/c1-4-8(12-3)7(2)9-5-6-10-13-14-11(17)16(10)15-9/h5-8,12H,4H2,1-3H3,(H,14,17). The van der Waals surface area contributed by atoms with Crippen LogP contribution in [0.2, 0.25) is 0 Å². The molecule has 2 rings (SSSR count). The summed E-state index contributed by atoms with van der Waals surface area (Å²) < 4.78 is 1.30. The molecule has 6 heteroatoms. The van der Waals surface area contributed by atoms with Gasteiger partial charge in [0.2, 0.25) is 0 Å². The van der Waals surface area contributed by atoms with Gasteiger partial charge in [0.15, 0.2) is 5.65 Å². The molecule has 2 atom stereocenters.